The molecule has 1 aromatic rings. The topological polar surface area (TPSA) is 24.5 Å². The molecule has 0 amide bonds. The van der Waals surface area contributed by atoms with Gasteiger partial charge in [0.1, 0.15) is 0 Å². The molecule has 2 aliphatic rings. The minimum absolute atomic E-state index is 0.171. The molecule has 2 saturated heterocycles. The summed E-state index contributed by atoms with van der Waals surface area (Å²) in [5.41, 5.74) is 2.65. The molecule has 3 rings (SSSR count). The molecular formula is C14H19BrN2O. The maximum Gasteiger partial charge on any atom is 0.0980 e. The average molecular weight is 311 g/mol. The first-order valence-corrected chi connectivity index (χ1v) is 7.51. The lowest BCUT2D eigenvalue weighted by Gasteiger charge is -2.30. The Morgan fingerprint density at radius 3 is 2.83 bits per heavy atom. The van der Waals surface area contributed by atoms with Gasteiger partial charge in [0.2, 0.25) is 0 Å². The molecule has 1 aromatic carbocycles. The van der Waals surface area contributed by atoms with Gasteiger partial charge in [0.05, 0.1) is 12.7 Å². The fraction of sp³-hybridized carbons (Fsp3) is 0.571. The Balaban J connectivity index is 1.94. The lowest BCUT2D eigenvalue weighted by atomic mass is 10.1. The van der Waals surface area contributed by atoms with E-state index in [1.807, 2.05) is 0 Å². The first-order chi connectivity index (χ1) is 8.86. The fourth-order valence-electron chi connectivity index (χ4n) is 2.83. The van der Waals surface area contributed by atoms with Crippen LogP contribution in [0.4, 0.5) is 5.69 Å². The highest BCUT2D eigenvalue weighted by Gasteiger charge is 2.25. The standard InChI is InChI=1S/C14H19BrN2O/c15-11-4-3-5-12(17-7-1-2-8-17)14(11)13-10-16-6-9-18-13/h3-5,13,16H,1-2,6-10H2. The van der Waals surface area contributed by atoms with Crippen molar-refractivity contribution in [1.82, 2.24) is 5.32 Å². The van der Waals surface area contributed by atoms with Crippen molar-refractivity contribution in [2.75, 3.05) is 37.7 Å². The van der Waals surface area contributed by atoms with Crippen LogP contribution in [0.15, 0.2) is 22.7 Å². The summed E-state index contributed by atoms with van der Waals surface area (Å²) in [6.07, 6.45) is 2.77. The number of anilines is 1. The van der Waals surface area contributed by atoms with E-state index in [-0.39, 0.29) is 6.10 Å². The molecule has 0 saturated carbocycles. The molecule has 0 spiro atoms. The molecular weight excluding hydrogens is 292 g/mol. The van der Waals surface area contributed by atoms with Gasteiger partial charge in [-0.3, -0.25) is 0 Å². The number of rotatable bonds is 2. The fourth-order valence-corrected chi connectivity index (χ4v) is 3.44. The Morgan fingerprint density at radius 2 is 2.11 bits per heavy atom. The molecule has 2 aliphatic heterocycles. The van der Waals surface area contributed by atoms with E-state index < -0.39 is 0 Å². The Bertz CT molecular complexity index is 412. The zero-order valence-corrected chi connectivity index (χ0v) is 12.1. The zero-order valence-electron chi connectivity index (χ0n) is 10.5. The molecule has 0 bridgehead atoms. The monoisotopic (exact) mass is 310 g/mol. The molecule has 98 valence electrons. The van der Waals surface area contributed by atoms with Gasteiger partial charge >= 0.3 is 0 Å². The number of benzene rings is 1. The highest BCUT2D eigenvalue weighted by molar-refractivity contribution is 9.10. The molecule has 3 nitrogen and oxygen atoms in total. The predicted octanol–water partition coefficient (Wildman–Crippen LogP) is 2.71. The minimum atomic E-state index is 0.171. The SMILES string of the molecule is Brc1cccc(N2CCCC2)c1C1CNCCO1. The first-order valence-electron chi connectivity index (χ1n) is 6.72. The second-order valence-corrected chi connectivity index (χ2v) is 5.78. The Hall–Kier alpha value is -0.580. The van der Waals surface area contributed by atoms with Crippen LogP contribution in [0.25, 0.3) is 0 Å². The number of hydrogen-bond donors (Lipinski definition) is 1. The summed E-state index contributed by atoms with van der Waals surface area (Å²) in [5, 5.41) is 3.41. The third-order valence-electron chi connectivity index (χ3n) is 3.73. The van der Waals surface area contributed by atoms with Gasteiger partial charge < -0.3 is 15.0 Å². The predicted molar refractivity (Wildman–Crippen MR) is 77.2 cm³/mol. The molecule has 2 fully saturated rings. The van der Waals surface area contributed by atoms with Gasteiger partial charge in [-0.15, -0.1) is 0 Å². The molecule has 0 radical (unpaired) electrons. The number of hydrogen-bond acceptors (Lipinski definition) is 3. The molecule has 4 heteroatoms. The van der Waals surface area contributed by atoms with Gasteiger partial charge in [-0.2, -0.15) is 0 Å². The lowest BCUT2D eigenvalue weighted by molar-refractivity contribution is 0.0275. The molecule has 2 heterocycles. The lowest BCUT2D eigenvalue weighted by Crippen LogP contribution is -2.34. The van der Waals surface area contributed by atoms with Crippen LogP contribution in [-0.4, -0.2) is 32.8 Å². The Labute approximate surface area is 117 Å². The van der Waals surface area contributed by atoms with Crippen molar-refractivity contribution in [3.63, 3.8) is 0 Å². The molecule has 18 heavy (non-hydrogen) atoms. The van der Waals surface area contributed by atoms with Crippen LogP contribution in [0.5, 0.6) is 0 Å². The largest absolute Gasteiger partial charge is 0.371 e. The zero-order chi connectivity index (χ0) is 12.4. The van der Waals surface area contributed by atoms with E-state index in [0.717, 1.165) is 19.7 Å². The molecule has 0 aliphatic carbocycles. The summed E-state index contributed by atoms with van der Waals surface area (Å²) in [6, 6.07) is 6.47. The summed E-state index contributed by atoms with van der Waals surface area (Å²) in [7, 11) is 0. The first kappa shape index (κ1) is 12.5. The van der Waals surface area contributed by atoms with E-state index in [1.54, 1.807) is 0 Å². The quantitative estimate of drug-likeness (QED) is 0.909. The number of morpholine rings is 1. The normalized spacial score (nSPS) is 24.5. The highest BCUT2D eigenvalue weighted by Crippen LogP contribution is 2.36. The van der Waals surface area contributed by atoms with Gasteiger partial charge in [0.25, 0.3) is 0 Å². The van der Waals surface area contributed by atoms with Crippen LogP contribution >= 0.6 is 15.9 Å². The second kappa shape index (κ2) is 5.59. The molecule has 0 aromatic heterocycles. The van der Waals surface area contributed by atoms with E-state index in [4.69, 9.17) is 4.74 Å². The van der Waals surface area contributed by atoms with Crippen molar-refractivity contribution in [1.29, 1.82) is 0 Å². The average Bonchev–Trinajstić information content (AvgIpc) is 2.93. The highest BCUT2D eigenvalue weighted by atomic mass is 79.9. The van der Waals surface area contributed by atoms with E-state index in [1.165, 1.54) is 41.7 Å². The second-order valence-electron chi connectivity index (χ2n) is 4.93. The van der Waals surface area contributed by atoms with Crippen molar-refractivity contribution in [2.24, 2.45) is 0 Å². The maximum absolute atomic E-state index is 5.93. The Morgan fingerprint density at radius 1 is 1.28 bits per heavy atom. The third kappa shape index (κ3) is 2.42. The van der Waals surface area contributed by atoms with Crippen molar-refractivity contribution in [3.05, 3.63) is 28.2 Å². The van der Waals surface area contributed by atoms with Gasteiger partial charge in [0.15, 0.2) is 0 Å². The maximum atomic E-state index is 5.93. The number of nitrogens with zero attached hydrogens (tertiary/aromatic N) is 1. The van der Waals surface area contributed by atoms with Gasteiger partial charge in [-0.25, -0.2) is 0 Å². The van der Waals surface area contributed by atoms with Crippen molar-refractivity contribution < 1.29 is 4.74 Å². The number of halogens is 1. The van der Waals surface area contributed by atoms with E-state index in [2.05, 4.69) is 44.3 Å². The van der Waals surface area contributed by atoms with Crippen LogP contribution in [0, 0.1) is 0 Å². The summed E-state index contributed by atoms with van der Waals surface area (Å²) < 4.78 is 7.09. The Kier molecular flexibility index (Phi) is 3.87. The van der Waals surface area contributed by atoms with Gasteiger partial charge in [0, 0.05) is 41.9 Å². The van der Waals surface area contributed by atoms with Crippen molar-refractivity contribution >= 4 is 21.6 Å². The van der Waals surface area contributed by atoms with Crippen LogP contribution in [0.2, 0.25) is 0 Å². The van der Waals surface area contributed by atoms with E-state index in [9.17, 15) is 0 Å². The van der Waals surface area contributed by atoms with E-state index >= 15 is 0 Å². The smallest absolute Gasteiger partial charge is 0.0980 e. The summed E-state index contributed by atoms with van der Waals surface area (Å²) >= 11 is 3.70. The van der Waals surface area contributed by atoms with Crippen LogP contribution in [0.3, 0.4) is 0 Å². The van der Waals surface area contributed by atoms with Crippen LogP contribution in [-0.2, 0) is 4.74 Å². The summed E-state index contributed by atoms with van der Waals surface area (Å²) in [6.45, 7) is 5.00. The number of ether oxygens (including phenoxy) is 1. The third-order valence-corrected chi connectivity index (χ3v) is 4.42. The van der Waals surface area contributed by atoms with Crippen molar-refractivity contribution in [2.45, 2.75) is 18.9 Å². The minimum Gasteiger partial charge on any atom is -0.371 e. The molecule has 1 atom stereocenters. The van der Waals surface area contributed by atoms with Gasteiger partial charge in [-0.05, 0) is 25.0 Å². The molecule has 1 unspecified atom stereocenters. The van der Waals surface area contributed by atoms with E-state index in [0.29, 0.717) is 0 Å². The summed E-state index contributed by atoms with van der Waals surface area (Å²) in [5.74, 6) is 0. The van der Waals surface area contributed by atoms with Crippen LogP contribution < -0.4 is 10.2 Å². The molecule has 1 N–H and O–H groups in total. The van der Waals surface area contributed by atoms with Crippen molar-refractivity contribution in [3.8, 4) is 0 Å². The van der Waals surface area contributed by atoms with Gasteiger partial charge in [-0.1, -0.05) is 22.0 Å². The number of nitrogens with one attached hydrogen (secondary N) is 1. The summed E-state index contributed by atoms with van der Waals surface area (Å²) in [4.78, 5) is 2.48. The van der Waals surface area contributed by atoms with Crippen LogP contribution in [0.1, 0.15) is 24.5 Å².